The maximum absolute atomic E-state index is 11.4. The van der Waals surface area contributed by atoms with Crippen molar-refractivity contribution in [2.45, 2.75) is 13.8 Å². The topological polar surface area (TPSA) is 55.8 Å². The number of hydrogen-bond donors (Lipinski definition) is 1. The Bertz CT molecular complexity index is 604. The number of carbonyl (C=O) groups is 1. The Morgan fingerprint density at radius 3 is 2.32 bits per heavy atom. The Kier molecular flexibility index (Phi) is 3.90. The molecule has 0 radical (unpaired) electrons. The monoisotopic (exact) mass is 260 g/mol. The number of ether oxygens (including phenoxy) is 2. The Balaban J connectivity index is 2.77. The summed E-state index contributed by atoms with van der Waals surface area (Å²) in [5.41, 5.74) is 0.129. The smallest absolute Gasteiger partial charge is 0.339 e. The Morgan fingerprint density at radius 1 is 1.11 bits per heavy atom. The molecule has 0 fully saturated rings. The summed E-state index contributed by atoms with van der Waals surface area (Å²) in [6.45, 7) is 4.60. The zero-order valence-electron chi connectivity index (χ0n) is 11.0. The van der Waals surface area contributed by atoms with E-state index in [1.165, 1.54) is 6.07 Å². The second-order valence-corrected chi connectivity index (χ2v) is 3.97. The van der Waals surface area contributed by atoms with E-state index in [9.17, 15) is 9.90 Å². The van der Waals surface area contributed by atoms with Crippen molar-refractivity contribution in [2.24, 2.45) is 0 Å². The molecule has 0 atom stereocenters. The lowest BCUT2D eigenvalue weighted by Gasteiger charge is -2.14. The normalized spacial score (nSPS) is 10.4. The predicted octanol–water partition coefficient (Wildman–Crippen LogP) is 3.34. The van der Waals surface area contributed by atoms with Gasteiger partial charge in [0.25, 0.3) is 0 Å². The van der Waals surface area contributed by atoms with Gasteiger partial charge in [0.2, 0.25) is 0 Å². The van der Waals surface area contributed by atoms with Gasteiger partial charge in [0.1, 0.15) is 17.1 Å². The highest BCUT2D eigenvalue weighted by atomic mass is 16.5. The van der Waals surface area contributed by atoms with Gasteiger partial charge in [0, 0.05) is 10.8 Å². The molecule has 0 bridgehead atoms. The summed E-state index contributed by atoms with van der Waals surface area (Å²) in [5.74, 6) is -0.0526. The summed E-state index contributed by atoms with van der Waals surface area (Å²) < 4.78 is 11.0. The summed E-state index contributed by atoms with van der Waals surface area (Å²) in [7, 11) is 0. The van der Waals surface area contributed by atoms with Crippen LogP contribution in [0.3, 0.4) is 0 Å². The molecule has 2 aromatic rings. The third-order valence-corrected chi connectivity index (χ3v) is 2.78. The fourth-order valence-corrected chi connectivity index (χ4v) is 2.05. The van der Waals surface area contributed by atoms with Crippen LogP contribution >= 0.6 is 0 Å². The Morgan fingerprint density at radius 2 is 1.74 bits per heavy atom. The van der Waals surface area contributed by atoms with Crippen LogP contribution in [0.2, 0.25) is 0 Å². The molecule has 0 aromatic heterocycles. The number of carboxylic acid groups (broad SMARTS) is 1. The lowest BCUT2D eigenvalue weighted by atomic mass is 10.0. The van der Waals surface area contributed by atoms with Crippen LogP contribution < -0.4 is 9.47 Å². The van der Waals surface area contributed by atoms with Gasteiger partial charge in [-0.25, -0.2) is 4.79 Å². The van der Waals surface area contributed by atoms with E-state index in [-0.39, 0.29) is 5.56 Å². The molecule has 0 saturated carbocycles. The maximum atomic E-state index is 11.4. The van der Waals surface area contributed by atoms with Crippen molar-refractivity contribution in [3.63, 3.8) is 0 Å². The van der Waals surface area contributed by atoms with Crippen molar-refractivity contribution >= 4 is 16.7 Å². The number of benzene rings is 2. The summed E-state index contributed by atoms with van der Waals surface area (Å²) in [6.07, 6.45) is 0. The third kappa shape index (κ3) is 2.47. The van der Waals surface area contributed by atoms with Gasteiger partial charge < -0.3 is 14.6 Å². The largest absolute Gasteiger partial charge is 0.493 e. The van der Waals surface area contributed by atoms with Crippen molar-refractivity contribution in [1.82, 2.24) is 0 Å². The highest BCUT2D eigenvalue weighted by Gasteiger charge is 2.18. The molecule has 0 amide bonds. The lowest BCUT2D eigenvalue weighted by molar-refractivity contribution is 0.0692. The van der Waals surface area contributed by atoms with Crippen molar-refractivity contribution in [3.05, 3.63) is 35.9 Å². The molecule has 19 heavy (non-hydrogen) atoms. The molecule has 2 rings (SSSR count). The van der Waals surface area contributed by atoms with E-state index in [1.807, 2.05) is 38.1 Å². The molecule has 4 nitrogen and oxygen atoms in total. The zero-order chi connectivity index (χ0) is 13.8. The van der Waals surface area contributed by atoms with Gasteiger partial charge in [0.05, 0.1) is 13.2 Å². The second kappa shape index (κ2) is 5.61. The molecule has 4 heteroatoms. The van der Waals surface area contributed by atoms with Crippen LogP contribution in [0.1, 0.15) is 24.2 Å². The standard InChI is InChI=1S/C15H16O4/c1-3-18-13-9-12(15(16)17)14(19-4-2)11-8-6-5-7-10(11)13/h5-9H,3-4H2,1-2H3,(H,16,17). The van der Waals surface area contributed by atoms with Crippen LogP contribution in [0, 0.1) is 0 Å². The van der Waals surface area contributed by atoms with Gasteiger partial charge in [-0.05, 0) is 19.9 Å². The van der Waals surface area contributed by atoms with E-state index < -0.39 is 5.97 Å². The average Bonchev–Trinajstić information content (AvgIpc) is 2.41. The number of aromatic carboxylic acids is 1. The van der Waals surface area contributed by atoms with Crippen molar-refractivity contribution in [2.75, 3.05) is 13.2 Å². The summed E-state index contributed by atoms with van der Waals surface area (Å²) in [6, 6.07) is 9.01. The average molecular weight is 260 g/mol. The molecule has 0 aliphatic carbocycles. The molecule has 100 valence electrons. The van der Waals surface area contributed by atoms with Crippen LogP contribution in [0.4, 0.5) is 0 Å². The molecule has 0 spiro atoms. The van der Waals surface area contributed by atoms with Crippen molar-refractivity contribution < 1.29 is 19.4 Å². The number of rotatable bonds is 5. The van der Waals surface area contributed by atoms with E-state index in [1.54, 1.807) is 0 Å². The summed E-state index contributed by atoms with van der Waals surface area (Å²) in [4.78, 5) is 11.4. The van der Waals surface area contributed by atoms with Crippen LogP contribution in [-0.2, 0) is 0 Å². The highest BCUT2D eigenvalue weighted by Crippen LogP contribution is 2.36. The molecule has 0 unspecified atom stereocenters. The second-order valence-electron chi connectivity index (χ2n) is 3.97. The van der Waals surface area contributed by atoms with E-state index in [0.717, 1.165) is 10.8 Å². The van der Waals surface area contributed by atoms with Crippen molar-refractivity contribution in [3.8, 4) is 11.5 Å². The van der Waals surface area contributed by atoms with E-state index >= 15 is 0 Å². The molecule has 1 N–H and O–H groups in total. The zero-order valence-corrected chi connectivity index (χ0v) is 11.0. The third-order valence-electron chi connectivity index (χ3n) is 2.78. The van der Waals surface area contributed by atoms with Gasteiger partial charge in [-0.2, -0.15) is 0 Å². The maximum Gasteiger partial charge on any atom is 0.339 e. The number of carboxylic acids is 1. The van der Waals surface area contributed by atoms with Gasteiger partial charge in [0.15, 0.2) is 0 Å². The van der Waals surface area contributed by atoms with E-state index in [0.29, 0.717) is 24.7 Å². The minimum Gasteiger partial charge on any atom is -0.493 e. The number of fused-ring (bicyclic) bond motifs is 1. The van der Waals surface area contributed by atoms with Gasteiger partial charge in [-0.15, -0.1) is 0 Å². The van der Waals surface area contributed by atoms with Gasteiger partial charge in [-0.1, -0.05) is 24.3 Å². The first-order valence-corrected chi connectivity index (χ1v) is 6.23. The van der Waals surface area contributed by atoms with Crippen molar-refractivity contribution in [1.29, 1.82) is 0 Å². The fourth-order valence-electron chi connectivity index (χ4n) is 2.05. The van der Waals surface area contributed by atoms with Crippen LogP contribution in [0.15, 0.2) is 30.3 Å². The first-order chi connectivity index (χ1) is 9.19. The lowest BCUT2D eigenvalue weighted by Crippen LogP contribution is -2.05. The first kappa shape index (κ1) is 13.2. The minimum atomic E-state index is -1.02. The quantitative estimate of drug-likeness (QED) is 0.895. The van der Waals surface area contributed by atoms with Gasteiger partial charge in [-0.3, -0.25) is 0 Å². The number of hydrogen-bond acceptors (Lipinski definition) is 3. The summed E-state index contributed by atoms with van der Waals surface area (Å²) in [5, 5.41) is 10.9. The molecule has 0 saturated heterocycles. The molecule has 0 aliphatic rings. The first-order valence-electron chi connectivity index (χ1n) is 6.23. The van der Waals surface area contributed by atoms with Crippen LogP contribution in [-0.4, -0.2) is 24.3 Å². The molecule has 0 aliphatic heterocycles. The molecular formula is C15H16O4. The Hall–Kier alpha value is -2.23. The van der Waals surface area contributed by atoms with E-state index in [4.69, 9.17) is 9.47 Å². The van der Waals surface area contributed by atoms with Gasteiger partial charge >= 0.3 is 5.97 Å². The Labute approximate surface area is 111 Å². The molecule has 0 heterocycles. The molecule has 2 aromatic carbocycles. The highest BCUT2D eigenvalue weighted by molar-refractivity contribution is 6.03. The summed E-state index contributed by atoms with van der Waals surface area (Å²) >= 11 is 0. The van der Waals surface area contributed by atoms with E-state index in [2.05, 4.69) is 0 Å². The fraction of sp³-hybridized carbons (Fsp3) is 0.267. The van der Waals surface area contributed by atoms with Crippen LogP contribution in [0.5, 0.6) is 11.5 Å². The molecular weight excluding hydrogens is 244 g/mol. The SMILES string of the molecule is CCOc1cc(C(=O)O)c(OCC)c2ccccc12. The predicted molar refractivity (Wildman–Crippen MR) is 73.2 cm³/mol. The minimum absolute atomic E-state index is 0.129. The van der Waals surface area contributed by atoms with Crippen LogP contribution in [0.25, 0.3) is 10.8 Å².